The first-order valence-electron chi connectivity index (χ1n) is 3.73. The first kappa shape index (κ1) is 13.8. The summed E-state index contributed by atoms with van der Waals surface area (Å²) < 4.78 is 64.5. The average Bonchev–Trinajstić information content (AvgIpc) is 2.07. The average molecular weight is 372 g/mol. The first-order chi connectivity index (χ1) is 7.21. The largest absolute Gasteiger partial charge is 0.433 e. The number of hydrogen-bond acceptors (Lipinski definition) is 1. The van der Waals surface area contributed by atoms with Crippen LogP contribution in [0.4, 0.5) is 22.0 Å². The van der Waals surface area contributed by atoms with E-state index in [9.17, 15) is 22.0 Å². The third kappa shape index (κ3) is 3.34. The summed E-state index contributed by atoms with van der Waals surface area (Å²) >= 11 is 6.76. The van der Waals surface area contributed by atoms with Crippen LogP contribution in [0.2, 0.25) is 5.02 Å². The number of halogens is 7. The summed E-state index contributed by atoms with van der Waals surface area (Å²) in [5.41, 5.74) is -0.986. The minimum atomic E-state index is -4.58. The lowest BCUT2D eigenvalue weighted by atomic mass is 10.2. The van der Waals surface area contributed by atoms with Crippen molar-refractivity contribution in [3.63, 3.8) is 0 Å². The van der Waals surface area contributed by atoms with Crippen LogP contribution in [-0.2, 0) is 6.18 Å². The van der Waals surface area contributed by atoms with Crippen LogP contribution in [0.5, 0.6) is 5.75 Å². The first-order valence-corrected chi connectivity index (χ1v) is 5.18. The van der Waals surface area contributed by atoms with Gasteiger partial charge in [0.2, 0.25) is 0 Å². The summed E-state index contributed by atoms with van der Waals surface area (Å²) in [4.78, 5) is 0. The van der Waals surface area contributed by atoms with Crippen LogP contribution in [0, 0.1) is 3.57 Å². The summed E-state index contributed by atoms with van der Waals surface area (Å²) in [7, 11) is 0. The molecule has 0 saturated carbocycles. The van der Waals surface area contributed by atoms with Gasteiger partial charge in [0.05, 0.1) is 10.6 Å². The molecule has 0 unspecified atom stereocenters. The summed E-state index contributed by atoms with van der Waals surface area (Å²) in [5, 5.41) is -0.506. The third-order valence-electron chi connectivity index (χ3n) is 1.54. The van der Waals surface area contributed by atoms with E-state index in [0.29, 0.717) is 6.07 Å². The van der Waals surface area contributed by atoms with Crippen molar-refractivity contribution in [2.45, 2.75) is 12.8 Å². The number of rotatable bonds is 2. The van der Waals surface area contributed by atoms with E-state index in [1.54, 1.807) is 0 Å². The van der Waals surface area contributed by atoms with Crippen LogP contribution in [0.1, 0.15) is 5.56 Å². The van der Waals surface area contributed by atoms with E-state index in [2.05, 4.69) is 4.74 Å². The van der Waals surface area contributed by atoms with Crippen LogP contribution in [0.15, 0.2) is 12.1 Å². The highest BCUT2D eigenvalue weighted by atomic mass is 127. The van der Waals surface area contributed by atoms with Gasteiger partial charge in [0.1, 0.15) is 5.75 Å². The Kier molecular flexibility index (Phi) is 4.22. The van der Waals surface area contributed by atoms with Crippen LogP contribution in [-0.4, -0.2) is 6.61 Å². The predicted octanol–water partition coefficient (Wildman–Crippen LogP) is 4.56. The molecule has 1 aromatic carbocycles. The molecule has 0 amide bonds. The summed E-state index contributed by atoms with van der Waals surface area (Å²) in [6.45, 7) is -3.13. The highest BCUT2D eigenvalue weighted by Gasteiger charge is 2.34. The van der Waals surface area contributed by atoms with Crippen molar-refractivity contribution < 1.29 is 26.7 Å². The quantitative estimate of drug-likeness (QED) is 0.546. The molecule has 0 aliphatic carbocycles. The van der Waals surface area contributed by atoms with E-state index in [1.165, 1.54) is 22.6 Å². The fraction of sp³-hybridized carbons (Fsp3) is 0.250. The molecule has 16 heavy (non-hydrogen) atoms. The van der Waals surface area contributed by atoms with E-state index in [1.807, 2.05) is 0 Å². The molecule has 0 aliphatic heterocycles. The third-order valence-corrected chi connectivity index (χ3v) is 2.73. The van der Waals surface area contributed by atoms with Gasteiger partial charge >= 0.3 is 12.8 Å². The molecule has 0 radical (unpaired) electrons. The molecular formula is C8H3ClF5IO. The Morgan fingerprint density at radius 3 is 2.25 bits per heavy atom. The minimum Gasteiger partial charge on any atom is -0.433 e. The highest BCUT2D eigenvalue weighted by Crippen LogP contribution is 2.38. The molecule has 0 spiro atoms. The Morgan fingerprint density at radius 2 is 1.81 bits per heavy atom. The van der Waals surface area contributed by atoms with E-state index in [4.69, 9.17) is 11.6 Å². The molecule has 0 heterocycles. The molecule has 0 bridgehead atoms. The van der Waals surface area contributed by atoms with Gasteiger partial charge in [-0.25, -0.2) is 0 Å². The SMILES string of the molecule is FC(F)Oc1cc(I)c(C(F)(F)F)cc1Cl. The van der Waals surface area contributed by atoms with Crippen LogP contribution in [0.25, 0.3) is 0 Å². The molecule has 1 rings (SSSR count). The highest BCUT2D eigenvalue weighted by molar-refractivity contribution is 14.1. The molecule has 1 aromatic rings. The second-order valence-corrected chi connectivity index (χ2v) is 4.21. The lowest BCUT2D eigenvalue weighted by molar-refractivity contribution is -0.138. The van der Waals surface area contributed by atoms with Crippen molar-refractivity contribution in [3.8, 4) is 5.75 Å². The van der Waals surface area contributed by atoms with Crippen molar-refractivity contribution in [2.75, 3.05) is 0 Å². The van der Waals surface area contributed by atoms with Gasteiger partial charge in [-0.3, -0.25) is 0 Å². The predicted molar refractivity (Wildman–Crippen MR) is 55.8 cm³/mol. The molecule has 0 N–H and O–H groups in total. The van der Waals surface area contributed by atoms with Gasteiger partial charge in [0.25, 0.3) is 0 Å². The Labute approximate surface area is 106 Å². The zero-order valence-electron chi connectivity index (χ0n) is 7.29. The normalized spacial score (nSPS) is 12.0. The zero-order valence-corrected chi connectivity index (χ0v) is 10.2. The van der Waals surface area contributed by atoms with Gasteiger partial charge in [0, 0.05) is 3.57 Å². The summed E-state index contributed by atoms with van der Waals surface area (Å²) in [6, 6.07) is 1.37. The lowest BCUT2D eigenvalue weighted by Gasteiger charge is -2.12. The maximum Gasteiger partial charge on any atom is 0.417 e. The molecule has 0 saturated heterocycles. The topological polar surface area (TPSA) is 9.23 Å². The lowest BCUT2D eigenvalue weighted by Crippen LogP contribution is -2.09. The number of benzene rings is 1. The van der Waals surface area contributed by atoms with Crippen LogP contribution in [0.3, 0.4) is 0 Å². The van der Waals surface area contributed by atoms with Crippen molar-refractivity contribution >= 4 is 34.2 Å². The Bertz CT molecular complexity index is 393. The van der Waals surface area contributed by atoms with Gasteiger partial charge in [-0.15, -0.1) is 0 Å². The molecule has 8 heteroatoms. The van der Waals surface area contributed by atoms with Gasteiger partial charge in [-0.1, -0.05) is 11.6 Å². The van der Waals surface area contributed by atoms with Crippen molar-refractivity contribution in [2.24, 2.45) is 0 Å². The van der Waals surface area contributed by atoms with E-state index < -0.39 is 29.1 Å². The fourth-order valence-corrected chi connectivity index (χ4v) is 1.88. The molecule has 90 valence electrons. The van der Waals surface area contributed by atoms with Gasteiger partial charge in [0.15, 0.2) is 0 Å². The Morgan fingerprint density at radius 1 is 1.25 bits per heavy atom. The van der Waals surface area contributed by atoms with Crippen molar-refractivity contribution in [3.05, 3.63) is 26.3 Å². The van der Waals surface area contributed by atoms with Gasteiger partial charge < -0.3 is 4.74 Å². The molecule has 0 aliphatic rings. The van der Waals surface area contributed by atoms with Crippen molar-refractivity contribution in [1.82, 2.24) is 0 Å². The maximum absolute atomic E-state index is 12.4. The summed E-state index contributed by atoms with van der Waals surface area (Å²) in [6.07, 6.45) is -4.58. The maximum atomic E-state index is 12.4. The standard InChI is InChI=1S/C8H3ClF5IO/c9-4-1-3(8(12,13)14)5(15)2-6(4)16-7(10)11/h1-2,7H. The van der Waals surface area contributed by atoms with E-state index >= 15 is 0 Å². The number of alkyl halides is 5. The molecule has 0 fully saturated rings. The second kappa shape index (κ2) is 4.91. The van der Waals surface area contributed by atoms with Gasteiger partial charge in [-0.05, 0) is 34.7 Å². The van der Waals surface area contributed by atoms with E-state index in [0.717, 1.165) is 6.07 Å². The molecule has 0 aromatic heterocycles. The van der Waals surface area contributed by atoms with Crippen LogP contribution < -0.4 is 4.74 Å². The van der Waals surface area contributed by atoms with E-state index in [-0.39, 0.29) is 3.57 Å². The summed E-state index contributed by atoms with van der Waals surface area (Å²) in [5.74, 6) is -0.478. The van der Waals surface area contributed by atoms with Crippen LogP contribution >= 0.6 is 34.2 Å². The van der Waals surface area contributed by atoms with Crippen molar-refractivity contribution in [1.29, 1.82) is 0 Å². The fourth-order valence-electron chi connectivity index (χ4n) is 0.932. The molecular weight excluding hydrogens is 369 g/mol. The zero-order chi connectivity index (χ0) is 12.5. The molecule has 0 atom stereocenters. The smallest absolute Gasteiger partial charge is 0.417 e. The number of ether oxygens (including phenoxy) is 1. The minimum absolute atomic E-state index is 0.259. The monoisotopic (exact) mass is 372 g/mol. The number of hydrogen-bond donors (Lipinski definition) is 0. The Hall–Kier alpha value is -0.310. The van der Waals surface area contributed by atoms with Gasteiger partial charge in [-0.2, -0.15) is 22.0 Å². The Balaban J connectivity index is 3.17. The second-order valence-electron chi connectivity index (χ2n) is 2.64. The molecule has 1 nitrogen and oxygen atoms in total.